The Morgan fingerprint density at radius 3 is 2.44 bits per heavy atom. The van der Waals surface area contributed by atoms with Gasteiger partial charge in [0.15, 0.2) is 0 Å². The van der Waals surface area contributed by atoms with E-state index in [1.54, 1.807) is 28.3 Å². The summed E-state index contributed by atoms with van der Waals surface area (Å²) >= 11 is 0. The van der Waals surface area contributed by atoms with E-state index in [9.17, 15) is 14.0 Å². The Kier molecular flexibility index (Phi) is 7.42. The Hall–Kier alpha value is -3.05. The summed E-state index contributed by atoms with van der Waals surface area (Å²) in [4.78, 5) is 33.9. The van der Waals surface area contributed by atoms with E-state index in [1.165, 1.54) is 24.3 Å². The molecule has 34 heavy (non-hydrogen) atoms. The molecule has 2 amide bonds. The van der Waals surface area contributed by atoms with Crippen molar-refractivity contribution in [1.82, 2.24) is 24.6 Å². The maximum atomic E-state index is 13.3. The third-order valence-electron chi connectivity index (χ3n) is 6.00. The van der Waals surface area contributed by atoms with Crippen molar-refractivity contribution in [1.29, 1.82) is 0 Å². The zero-order valence-corrected chi connectivity index (χ0v) is 19.5. The van der Waals surface area contributed by atoms with E-state index in [1.807, 2.05) is 0 Å². The highest BCUT2D eigenvalue weighted by molar-refractivity contribution is 5.78. The van der Waals surface area contributed by atoms with E-state index in [0.717, 1.165) is 0 Å². The molecule has 0 bridgehead atoms. The quantitative estimate of drug-likeness (QED) is 0.588. The van der Waals surface area contributed by atoms with Crippen LogP contribution in [-0.4, -0.2) is 94.6 Å². The van der Waals surface area contributed by atoms with Gasteiger partial charge in [-0.2, -0.15) is 5.10 Å². The van der Waals surface area contributed by atoms with Crippen molar-refractivity contribution in [3.8, 4) is 5.75 Å². The zero-order valence-electron chi connectivity index (χ0n) is 19.5. The third-order valence-corrected chi connectivity index (χ3v) is 6.00. The molecule has 10 nitrogen and oxygen atoms in total. The summed E-state index contributed by atoms with van der Waals surface area (Å²) in [5.41, 5.74) is -1.04. The Balaban J connectivity index is 1.49. The van der Waals surface area contributed by atoms with Gasteiger partial charge in [0.2, 0.25) is 11.8 Å². The first-order valence-electron chi connectivity index (χ1n) is 11.4. The van der Waals surface area contributed by atoms with Gasteiger partial charge in [-0.25, -0.2) is 14.1 Å². The third kappa shape index (κ3) is 5.89. The summed E-state index contributed by atoms with van der Waals surface area (Å²) < 4.78 is 32.2. The zero-order chi connectivity index (χ0) is 24.1. The van der Waals surface area contributed by atoms with Gasteiger partial charge in [0.1, 0.15) is 42.0 Å². The molecule has 0 saturated carbocycles. The van der Waals surface area contributed by atoms with Crippen LogP contribution in [0.1, 0.15) is 18.1 Å². The Labute approximate surface area is 197 Å². The molecule has 2 aliphatic heterocycles. The number of hydrogen-bond acceptors (Lipinski definition) is 7. The van der Waals surface area contributed by atoms with Crippen LogP contribution in [0.2, 0.25) is 0 Å². The number of morpholine rings is 2. The molecule has 0 radical (unpaired) electrons. The molecule has 0 aliphatic carbocycles. The van der Waals surface area contributed by atoms with Crippen molar-refractivity contribution in [2.75, 3.05) is 52.6 Å². The predicted molar refractivity (Wildman–Crippen MR) is 119 cm³/mol. The minimum atomic E-state index is -1.04. The molecule has 0 spiro atoms. The minimum absolute atomic E-state index is 0.0416. The van der Waals surface area contributed by atoms with Crippen LogP contribution in [0.25, 0.3) is 0 Å². The molecule has 11 heteroatoms. The summed E-state index contributed by atoms with van der Waals surface area (Å²) in [6.45, 7) is 6.55. The first-order chi connectivity index (χ1) is 16.3. The van der Waals surface area contributed by atoms with Crippen molar-refractivity contribution < 1.29 is 28.2 Å². The van der Waals surface area contributed by atoms with Crippen LogP contribution in [0.15, 0.2) is 24.3 Å². The van der Waals surface area contributed by atoms with Gasteiger partial charge in [0, 0.05) is 19.6 Å². The van der Waals surface area contributed by atoms with Crippen molar-refractivity contribution in [2.45, 2.75) is 32.4 Å². The molecule has 184 valence electrons. The Bertz CT molecular complexity index is 1010. The number of nitrogens with zero attached hydrogens (tertiary/aromatic N) is 5. The highest BCUT2D eigenvalue weighted by atomic mass is 19.1. The van der Waals surface area contributed by atoms with Crippen LogP contribution >= 0.6 is 0 Å². The maximum Gasteiger partial charge on any atom is 0.244 e. The summed E-state index contributed by atoms with van der Waals surface area (Å²) in [6, 6.07) is 5.66. The number of ether oxygens (including phenoxy) is 3. The molecule has 0 unspecified atom stereocenters. The summed E-state index contributed by atoms with van der Waals surface area (Å²) in [5, 5.41) is 4.27. The molecular weight excluding hydrogens is 445 g/mol. The van der Waals surface area contributed by atoms with Crippen molar-refractivity contribution in [2.24, 2.45) is 0 Å². The van der Waals surface area contributed by atoms with Gasteiger partial charge >= 0.3 is 0 Å². The maximum absolute atomic E-state index is 13.3. The van der Waals surface area contributed by atoms with E-state index in [2.05, 4.69) is 10.1 Å². The van der Waals surface area contributed by atoms with E-state index < -0.39 is 5.60 Å². The first-order valence-corrected chi connectivity index (χ1v) is 11.4. The number of rotatable bonds is 7. The van der Waals surface area contributed by atoms with Crippen LogP contribution < -0.4 is 4.74 Å². The molecular formula is C23H30FN5O5. The molecule has 1 atom stereocenters. The number of carbonyl (C=O) groups excluding carboxylic acids is 2. The average molecular weight is 476 g/mol. The molecule has 4 rings (SSSR count). The summed E-state index contributed by atoms with van der Waals surface area (Å²) in [6.07, 6.45) is 0.0550. The van der Waals surface area contributed by atoms with Gasteiger partial charge in [0.25, 0.3) is 0 Å². The second-order valence-corrected chi connectivity index (χ2v) is 8.62. The molecule has 0 N–H and O–H groups in total. The lowest BCUT2D eigenvalue weighted by Crippen LogP contribution is -2.59. The van der Waals surface area contributed by atoms with Crippen LogP contribution in [0.5, 0.6) is 5.75 Å². The molecule has 3 heterocycles. The number of benzene rings is 1. The van der Waals surface area contributed by atoms with Crippen molar-refractivity contribution in [3.05, 3.63) is 41.7 Å². The molecule has 2 saturated heterocycles. The number of aryl methyl sites for hydroxylation is 2. The molecule has 1 aromatic heterocycles. The fourth-order valence-corrected chi connectivity index (χ4v) is 4.19. The SMILES string of the molecule is Cc1nc(C)n(CC(=O)N2CCO[C@](COc3ccc(F)cc3)(CC(=O)N3CCOCC3)C2)n1. The van der Waals surface area contributed by atoms with Crippen LogP contribution in [0, 0.1) is 19.7 Å². The van der Waals surface area contributed by atoms with E-state index in [4.69, 9.17) is 14.2 Å². The lowest BCUT2D eigenvalue weighted by Gasteiger charge is -2.43. The van der Waals surface area contributed by atoms with Crippen LogP contribution in [-0.2, 0) is 25.6 Å². The number of amides is 2. The number of halogens is 1. The lowest BCUT2D eigenvalue weighted by molar-refractivity contribution is -0.167. The summed E-state index contributed by atoms with van der Waals surface area (Å²) in [7, 11) is 0. The normalized spacial score (nSPS) is 20.9. The summed E-state index contributed by atoms with van der Waals surface area (Å²) in [5.74, 6) is 1.14. The van der Waals surface area contributed by atoms with Crippen molar-refractivity contribution >= 4 is 11.8 Å². The van der Waals surface area contributed by atoms with E-state index in [0.29, 0.717) is 50.2 Å². The highest BCUT2D eigenvalue weighted by Gasteiger charge is 2.42. The van der Waals surface area contributed by atoms with Crippen LogP contribution in [0.3, 0.4) is 0 Å². The lowest BCUT2D eigenvalue weighted by atomic mass is 9.96. The highest BCUT2D eigenvalue weighted by Crippen LogP contribution is 2.26. The molecule has 2 fully saturated rings. The number of carbonyl (C=O) groups is 2. The minimum Gasteiger partial charge on any atom is -0.490 e. The Morgan fingerprint density at radius 2 is 1.76 bits per heavy atom. The second kappa shape index (κ2) is 10.5. The van der Waals surface area contributed by atoms with Gasteiger partial charge in [-0.05, 0) is 38.1 Å². The predicted octanol–water partition coefficient (Wildman–Crippen LogP) is 0.960. The molecule has 2 aromatic rings. The molecule has 2 aliphatic rings. The van der Waals surface area contributed by atoms with Gasteiger partial charge < -0.3 is 24.0 Å². The van der Waals surface area contributed by atoms with Gasteiger partial charge in [-0.1, -0.05) is 0 Å². The van der Waals surface area contributed by atoms with Gasteiger partial charge in [0.05, 0.1) is 32.8 Å². The van der Waals surface area contributed by atoms with E-state index >= 15 is 0 Å². The van der Waals surface area contributed by atoms with Gasteiger partial charge in [-0.3, -0.25) is 9.59 Å². The van der Waals surface area contributed by atoms with E-state index in [-0.39, 0.29) is 50.4 Å². The molecule has 1 aromatic carbocycles. The number of aromatic nitrogens is 3. The van der Waals surface area contributed by atoms with Gasteiger partial charge in [-0.15, -0.1) is 0 Å². The smallest absolute Gasteiger partial charge is 0.244 e. The topological polar surface area (TPSA) is 99.0 Å². The fraction of sp³-hybridized carbons (Fsp3) is 0.565. The standard InChI is InChI=1S/C23H30FN5O5/c1-17-25-18(2)29(26-17)14-22(31)28-9-12-34-23(15-28,13-21(30)27-7-10-32-11-8-27)16-33-20-5-3-19(24)4-6-20/h3-6H,7-16H2,1-2H3/t23-/m1/s1. The largest absolute Gasteiger partial charge is 0.490 e. The number of hydrogen-bond donors (Lipinski definition) is 0. The monoisotopic (exact) mass is 475 g/mol. The first kappa shape index (κ1) is 24.1. The average Bonchev–Trinajstić information content (AvgIpc) is 3.15. The second-order valence-electron chi connectivity index (χ2n) is 8.62. The fourth-order valence-electron chi connectivity index (χ4n) is 4.19. The van der Waals surface area contributed by atoms with Crippen molar-refractivity contribution in [3.63, 3.8) is 0 Å². The Morgan fingerprint density at radius 1 is 1.06 bits per heavy atom. The van der Waals surface area contributed by atoms with Crippen LogP contribution in [0.4, 0.5) is 4.39 Å².